The number of hydrogen-bond donors (Lipinski definition) is 1. The number of carbonyl (C=O) groups is 1. The van der Waals surface area contributed by atoms with Crippen molar-refractivity contribution in [3.8, 4) is 0 Å². The third-order valence-corrected chi connectivity index (χ3v) is 4.61. The van der Waals surface area contributed by atoms with Gasteiger partial charge in [-0.05, 0) is 43.9 Å². The Kier molecular flexibility index (Phi) is 5.28. The van der Waals surface area contributed by atoms with E-state index in [9.17, 15) is 9.59 Å². The first kappa shape index (κ1) is 17.4. The van der Waals surface area contributed by atoms with Crippen molar-refractivity contribution in [2.24, 2.45) is 0 Å². The molecule has 0 bridgehead atoms. The highest BCUT2D eigenvalue weighted by Crippen LogP contribution is 2.20. The number of hydrogen-bond acceptors (Lipinski definition) is 4. The van der Waals surface area contributed by atoms with Gasteiger partial charge in [-0.15, -0.1) is 0 Å². The summed E-state index contributed by atoms with van der Waals surface area (Å²) in [6.07, 6.45) is 3.91. The lowest BCUT2D eigenvalue weighted by molar-refractivity contribution is 0.0933. The van der Waals surface area contributed by atoms with E-state index in [4.69, 9.17) is 4.74 Å². The van der Waals surface area contributed by atoms with Crippen LogP contribution in [0, 0.1) is 6.92 Å². The summed E-state index contributed by atoms with van der Waals surface area (Å²) in [5.41, 5.74) is 3.64. The van der Waals surface area contributed by atoms with Gasteiger partial charge in [0.05, 0.1) is 12.2 Å². The molecule has 6 nitrogen and oxygen atoms in total. The Labute approximate surface area is 146 Å². The normalized spacial score (nSPS) is 16.3. The van der Waals surface area contributed by atoms with E-state index in [0.29, 0.717) is 18.7 Å². The summed E-state index contributed by atoms with van der Waals surface area (Å²) < 4.78 is 6.89. The first-order valence-electron chi connectivity index (χ1n) is 8.52. The average Bonchev–Trinajstić information content (AvgIpc) is 2.61. The molecule has 3 rings (SSSR count). The molecule has 1 N–H and O–H groups in total. The van der Waals surface area contributed by atoms with Gasteiger partial charge >= 0.3 is 0 Å². The lowest BCUT2D eigenvalue weighted by Gasteiger charge is -2.27. The molecule has 1 unspecified atom stereocenters. The Morgan fingerprint density at radius 2 is 2.20 bits per heavy atom. The van der Waals surface area contributed by atoms with Gasteiger partial charge in [0.2, 0.25) is 0 Å². The van der Waals surface area contributed by atoms with E-state index in [-0.39, 0.29) is 17.5 Å². The predicted molar refractivity (Wildman–Crippen MR) is 94.8 cm³/mol. The fraction of sp³-hybridized carbons (Fsp3) is 0.421. The summed E-state index contributed by atoms with van der Waals surface area (Å²) in [5, 5.41) is 3.08. The Morgan fingerprint density at radius 3 is 2.92 bits per heavy atom. The van der Waals surface area contributed by atoms with E-state index in [1.807, 2.05) is 19.1 Å². The van der Waals surface area contributed by atoms with Gasteiger partial charge in [-0.25, -0.2) is 0 Å². The van der Waals surface area contributed by atoms with Gasteiger partial charge < -0.3 is 14.6 Å². The van der Waals surface area contributed by atoms with E-state index >= 15 is 0 Å². The smallest absolute Gasteiger partial charge is 0.253 e. The molecular weight excluding hydrogens is 318 g/mol. The zero-order valence-electron chi connectivity index (χ0n) is 14.6. The molecule has 25 heavy (non-hydrogen) atoms. The van der Waals surface area contributed by atoms with Crippen molar-refractivity contribution in [3.63, 3.8) is 0 Å². The summed E-state index contributed by atoms with van der Waals surface area (Å²) in [6, 6.07) is 7.17. The molecule has 132 valence electrons. The van der Waals surface area contributed by atoms with Crippen molar-refractivity contribution >= 4 is 5.91 Å². The number of nitrogens with one attached hydrogen (secondary N) is 1. The number of rotatable bonds is 5. The first-order valence-corrected chi connectivity index (χ1v) is 8.52. The van der Waals surface area contributed by atoms with Crippen LogP contribution in [0.15, 0.2) is 35.3 Å². The van der Waals surface area contributed by atoms with Gasteiger partial charge in [0, 0.05) is 43.3 Å². The van der Waals surface area contributed by atoms with Gasteiger partial charge in [0.15, 0.2) is 0 Å². The van der Waals surface area contributed by atoms with E-state index < -0.39 is 0 Å². The van der Waals surface area contributed by atoms with Crippen molar-refractivity contribution in [1.29, 1.82) is 0 Å². The SMILES string of the molecule is COCCn1c2c(ccc1=O)CC(NC(=O)c1ccc(C)nc1)CC2. The Bertz CT molecular complexity index is 812. The fourth-order valence-corrected chi connectivity index (χ4v) is 3.25. The van der Waals surface area contributed by atoms with Gasteiger partial charge in [-0.2, -0.15) is 0 Å². The van der Waals surface area contributed by atoms with Gasteiger partial charge in [0.1, 0.15) is 0 Å². The van der Waals surface area contributed by atoms with Crippen LogP contribution in [-0.2, 0) is 24.1 Å². The molecular formula is C19H23N3O3. The summed E-state index contributed by atoms with van der Waals surface area (Å²) in [5.74, 6) is -0.103. The maximum Gasteiger partial charge on any atom is 0.253 e. The van der Waals surface area contributed by atoms with Crippen molar-refractivity contribution in [2.45, 2.75) is 38.8 Å². The van der Waals surface area contributed by atoms with Crippen molar-refractivity contribution in [1.82, 2.24) is 14.9 Å². The molecule has 2 aromatic heterocycles. The van der Waals surface area contributed by atoms with Crippen LogP contribution in [0.2, 0.25) is 0 Å². The molecule has 0 aliphatic heterocycles. The van der Waals surface area contributed by atoms with E-state index in [0.717, 1.165) is 36.2 Å². The van der Waals surface area contributed by atoms with Gasteiger partial charge in [-0.3, -0.25) is 14.6 Å². The number of aromatic nitrogens is 2. The van der Waals surface area contributed by atoms with Gasteiger partial charge in [-0.1, -0.05) is 6.07 Å². The van der Waals surface area contributed by atoms with Crippen LogP contribution in [0.3, 0.4) is 0 Å². The van der Waals surface area contributed by atoms with E-state index in [2.05, 4.69) is 10.3 Å². The lowest BCUT2D eigenvalue weighted by Crippen LogP contribution is -2.40. The standard InChI is InChI=1S/C19H23N3O3/c1-13-3-4-15(12-20-13)19(24)21-16-6-7-17-14(11-16)5-8-18(23)22(17)9-10-25-2/h3-5,8,12,16H,6-7,9-11H2,1-2H3,(H,21,24). The lowest BCUT2D eigenvalue weighted by atomic mass is 9.91. The second-order valence-corrected chi connectivity index (χ2v) is 6.39. The second kappa shape index (κ2) is 7.61. The number of amides is 1. The molecule has 0 radical (unpaired) electrons. The average molecular weight is 341 g/mol. The molecule has 0 saturated heterocycles. The predicted octanol–water partition coefficient (Wildman–Crippen LogP) is 1.49. The third-order valence-electron chi connectivity index (χ3n) is 4.61. The Morgan fingerprint density at radius 1 is 1.36 bits per heavy atom. The number of methoxy groups -OCH3 is 1. The van der Waals surface area contributed by atoms with Crippen LogP contribution >= 0.6 is 0 Å². The minimum absolute atomic E-state index is 0.00372. The zero-order chi connectivity index (χ0) is 17.8. The Balaban J connectivity index is 1.72. The molecule has 1 atom stereocenters. The molecule has 1 amide bonds. The maximum atomic E-state index is 12.4. The molecule has 1 aliphatic rings. The Hall–Kier alpha value is -2.47. The monoisotopic (exact) mass is 341 g/mol. The summed E-state index contributed by atoms with van der Waals surface area (Å²) >= 11 is 0. The second-order valence-electron chi connectivity index (χ2n) is 6.39. The molecule has 6 heteroatoms. The number of ether oxygens (including phenoxy) is 1. The van der Waals surface area contributed by atoms with Crippen LogP contribution in [0.5, 0.6) is 0 Å². The minimum Gasteiger partial charge on any atom is -0.383 e. The molecule has 0 aromatic carbocycles. The molecule has 0 spiro atoms. The van der Waals surface area contributed by atoms with Crippen LogP contribution in [0.1, 0.15) is 33.7 Å². The topological polar surface area (TPSA) is 73.2 Å². The quantitative estimate of drug-likeness (QED) is 0.894. The van der Waals surface area contributed by atoms with E-state index in [1.165, 1.54) is 0 Å². The number of aryl methyl sites for hydroxylation is 1. The van der Waals surface area contributed by atoms with Crippen LogP contribution in [-0.4, -0.2) is 35.2 Å². The first-order chi connectivity index (χ1) is 12.1. The minimum atomic E-state index is -0.103. The molecule has 0 fully saturated rings. The number of carbonyl (C=O) groups excluding carboxylic acids is 1. The van der Waals surface area contributed by atoms with Crippen molar-refractivity contribution in [3.05, 3.63) is 63.3 Å². The molecule has 0 saturated carbocycles. The largest absolute Gasteiger partial charge is 0.383 e. The molecule has 1 aliphatic carbocycles. The van der Waals surface area contributed by atoms with Crippen molar-refractivity contribution in [2.75, 3.05) is 13.7 Å². The summed E-state index contributed by atoms with van der Waals surface area (Å²) in [4.78, 5) is 28.6. The zero-order valence-corrected chi connectivity index (χ0v) is 14.6. The van der Waals surface area contributed by atoms with Crippen molar-refractivity contribution < 1.29 is 9.53 Å². The molecule has 2 aromatic rings. The van der Waals surface area contributed by atoms with E-state index in [1.54, 1.807) is 30.0 Å². The summed E-state index contributed by atoms with van der Waals surface area (Å²) in [6.45, 7) is 2.96. The fourth-order valence-electron chi connectivity index (χ4n) is 3.25. The van der Waals surface area contributed by atoms with Crippen LogP contribution < -0.4 is 10.9 Å². The van der Waals surface area contributed by atoms with Gasteiger partial charge in [0.25, 0.3) is 11.5 Å². The number of pyridine rings is 2. The summed E-state index contributed by atoms with van der Waals surface area (Å²) in [7, 11) is 1.63. The van der Waals surface area contributed by atoms with Crippen LogP contribution in [0.25, 0.3) is 0 Å². The maximum absolute atomic E-state index is 12.4. The third kappa shape index (κ3) is 3.96. The highest BCUT2D eigenvalue weighted by atomic mass is 16.5. The highest BCUT2D eigenvalue weighted by Gasteiger charge is 2.23. The highest BCUT2D eigenvalue weighted by molar-refractivity contribution is 5.94. The van der Waals surface area contributed by atoms with Crippen LogP contribution in [0.4, 0.5) is 0 Å². The number of nitrogens with zero attached hydrogens (tertiary/aromatic N) is 2. The molecule has 2 heterocycles. The number of fused-ring (bicyclic) bond motifs is 1.